The van der Waals surface area contributed by atoms with E-state index < -0.39 is 11.6 Å². The van der Waals surface area contributed by atoms with Crippen LogP contribution < -0.4 is 5.32 Å². The summed E-state index contributed by atoms with van der Waals surface area (Å²) in [4.78, 5) is 34.7. The lowest BCUT2D eigenvalue weighted by Gasteiger charge is -2.34. The Bertz CT molecular complexity index is 891. The summed E-state index contributed by atoms with van der Waals surface area (Å²) in [5, 5.41) is 2.76. The molecule has 0 radical (unpaired) electrons. The summed E-state index contributed by atoms with van der Waals surface area (Å²) in [6.07, 6.45) is 7.44. The molecule has 1 aliphatic heterocycles. The zero-order chi connectivity index (χ0) is 20.4. The minimum Gasteiger partial charge on any atom is -0.340 e. The summed E-state index contributed by atoms with van der Waals surface area (Å²) < 4.78 is 26.7. The van der Waals surface area contributed by atoms with Crippen molar-refractivity contribution in [3.8, 4) is 11.3 Å². The monoisotopic (exact) mass is 400 g/mol. The Morgan fingerprint density at radius 1 is 1.03 bits per heavy atom. The zero-order valence-corrected chi connectivity index (χ0v) is 15.9. The van der Waals surface area contributed by atoms with E-state index in [1.807, 2.05) is 4.90 Å². The van der Waals surface area contributed by atoms with Crippen LogP contribution in [0.4, 0.5) is 14.6 Å². The number of halogens is 2. The van der Waals surface area contributed by atoms with Gasteiger partial charge in [-0.25, -0.2) is 13.8 Å². The third-order valence-electron chi connectivity index (χ3n) is 5.68. The first-order chi connectivity index (χ1) is 14.0. The molecule has 1 aromatic heterocycles. The molecule has 1 aliphatic carbocycles. The lowest BCUT2D eigenvalue weighted by Crippen LogP contribution is -2.40. The van der Waals surface area contributed by atoms with Crippen LogP contribution in [-0.2, 0) is 9.59 Å². The first-order valence-corrected chi connectivity index (χ1v) is 9.88. The minimum absolute atomic E-state index is 0.116. The molecule has 0 unspecified atom stereocenters. The van der Waals surface area contributed by atoms with Crippen molar-refractivity contribution >= 4 is 17.6 Å². The number of likely N-dealkylation sites (tertiary alicyclic amines) is 1. The standard InChI is InChI=1S/C21H22F2N4O2/c22-15-8-14(9-16(23)10-15)18-11-25-19(12-24-18)26-21(29)13-3-5-17(6-4-13)27-7-1-2-20(27)28/h8-13,17H,1-7H2,(H,25,26,29). The molecular formula is C21H22F2N4O2. The molecule has 29 heavy (non-hydrogen) atoms. The third kappa shape index (κ3) is 4.41. The van der Waals surface area contributed by atoms with Crippen LogP contribution in [0.1, 0.15) is 38.5 Å². The van der Waals surface area contributed by atoms with Crippen LogP contribution in [-0.4, -0.2) is 39.3 Å². The van der Waals surface area contributed by atoms with Crippen molar-refractivity contribution < 1.29 is 18.4 Å². The molecule has 8 heteroatoms. The molecule has 0 bridgehead atoms. The second-order valence-corrected chi connectivity index (χ2v) is 7.63. The number of amides is 2. The molecule has 1 N–H and O–H groups in total. The maximum atomic E-state index is 13.4. The van der Waals surface area contributed by atoms with Gasteiger partial charge < -0.3 is 10.2 Å². The fraction of sp³-hybridized carbons (Fsp3) is 0.429. The molecule has 2 amide bonds. The van der Waals surface area contributed by atoms with Crippen molar-refractivity contribution in [2.75, 3.05) is 11.9 Å². The van der Waals surface area contributed by atoms with E-state index in [-0.39, 0.29) is 29.3 Å². The van der Waals surface area contributed by atoms with Gasteiger partial charge in [-0.15, -0.1) is 0 Å². The molecule has 0 spiro atoms. The smallest absolute Gasteiger partial charge is 0.228 e. The van der Waals surface area contributed by atoms with Crippen molar-refractivity contribution in [3.63, 3.8) is 0 Å². The Balaban J connectivity index is 1.33. The van der Waals surface area contributed by atoms with Crippen LogP contribution >= 0.6 is 0 Å². The van der Waals surface area contributed by atoms with Crippen LogP contribution in [0, 0.1) is 17.6 Å². The van der Waals surface area contributed by atoms with Gasteiger partial charge >= 0.3 is 0 Å². The van der Waals surface area contributed by atoms with Gasteiger partial charge in [0, 0.05) is 36.6 Å². The summed E-state index contributed by atoms with van der Waals surface area (Å²) in [6.45, 7) is 0.831. The van der Waals surface area contributed by atoms with E-state index in [4.69, 9.17) is 0 Å². The molecule has 2 fully saturated rings. The molecule has 1 saturated carbocycles. The molecule has 0 atom stereocenters. The maximum absolute atomic E-state index is 13.4. The molecular weight excluding hydrogens is 378 g/mol. The predicted octanol–water partition coefficient (Wildman–Crippen LogP) is 3.54. The average Bonchev–Trinajstić information content (AvgIpc) is 3.14. The topological polar surface area (TPSA) is 75.2 Å². The van der Waals surface area contributed by atoms with Crippen LogP contribution in [0.5, 0.6) is 0 Å². The van der Waals surface area contributed by atoms with Crippen molar-refractivity contribution in [1.29, 1.82) is 0 Å². The number of carbonyl (C=O) groups is 2. The molecule has 6 nitrogen and oxygen atoms in total. The Hall–Kier alpha value is -2.90. The number of benzene rings is 1. The van der Waals surface area contributed by atoms with Crippen molar-refractivity contribution in [2.24, 2.45) is 5.92 Å². The number of rotatable bonds is 4. The van der Waals surface area contributed by atoms with Gasteiger partial charge in [0.05, 0.1) is 18.1 Å². The highest BCUT2D eigenvalue weighted by molar-refractivity contribution is 5.91. The van der Waals surface area contributed by atoms with E-state index in [1.165, 1.54) is 24.5 Å². The zero-order valence-electron chi connectivity index (χ0n) is 15.9. The molecule has 152 valence electrons. The number of carbonyl (C=O) groups excluding carboxylic acids is 2. The Morgan fingerprint density at radius 2 is 1.76 bits per heavy atom. The minimum atomic E-state index is -0.689. The van der Waals surface area contributed by atoms with Crippen molar-refractivity contribution in [3.05, 3.63) is 42.2 Å². The van der Waals surface area contributed by atoms with E-state index in [2.05, 4.69) is 15.3 Å². The highest BCUT2D eigenvalue weighted by atomic mass is 19.1. The maximum Gasteiger partial charge on any atom is 0.228 e. The lowest BCUT2D eigenvalue weighted by atomic mass is 9.85. The van der Waals surface area contributed by atoms with Crippen LogP contribution in [0.15, 0.2) is 30.6 Å². The van der Waals surface area contributed by atoms with Crippen LogP contribution in [0.25, 0.3) is 11.3 Å². The number of aromatic nitrogens is 2. The fourth-order valence-corrected chi connectivity index (χ4v) is 4.18. The quantitative estimate of drug-likeness (QED) is 0.852. The van der Waals surface area contributed by atoms with Crippen LogP contribution in [0.3, 0.4) is 0 Å². The predicted molar refractivity (Wildman–Crippen MR) is 103 cm³/mol. The van der Waals surface area contributed by atoms with E-state index in [0.717, 1.165) is 44.7 Å². The van der Waals surface area contributed by atoms with Gasteiger partial charge in [0.25, 0.3) is 0 Å². The van der Waals surface area contributed by atoms with E-state index in [0.29, 0.717) is 17.9 Å². The van der Waals surface area contributed by atoms with Gasteiger partial charge in [-0.3, -0.25) is 14.6 Å². The summed E-state index contributed by atoms with van der Waals surface area (Å²) in [5.41, 5.74) is 0.597. The summed E-state index contributed by atoms with van der Waals surface area (Å²) >= 11 is 0. The van der Waals surface area contributed by atoms with Gasteiger partial charge in [0.2, 0.25) is 11.8 Å². The largest absolute Gasteiger partial charge is 0.340 e. The molecule has 2 aliphatic rings. The molecule has 2 aromatic rings. The number of hydrogen-bond donors (Lipinski definition) is 1. The molecule has 4 rings (SSSR count). The SMILES string of the molecule is O=C(Nc1cnc(-c2cc(F)cc(F)c2)cn1)C1CCC(N2CCCC2=O)CC1. The Morgan fingerprint density at radius 3 is 2.34 bits per heavy atom. The van der Waals surface area contributed by atoms with Crippen molar-refractivity contribution in [2.45, 2.75) is 44.6 Å². The third-order valence-corrected chi connectivity index (χ3v) is 5.68. The second-order valence-electron chi connectivity index (χ2n) is 7.63. The summed E-state index contributed by atoms with van der Waals surface area (Å²) in [6, 6.07) is 3.39. The first-order valence-electron chi connectivity index (χ1n) is 9.88. The average molecular weight is 400 g/mol. The van der Waals surface area contributed by atoms with E-state index >= 15 is 0 Å². The lowest BCUT2D eigenvalue weighted by molar-refractivity contribution is -0.130. The van der Waals surface area contributed by atoms with Crippen LogP contribution in [0.2, 0.25) is 0 Å². The normalized spacial score (nSPS) is 22.0. The summed E-state index contributed by atoms with van der Waals surface area (Å²) in [7, 11) is 0. The van der Waals surface area contributed by atoms with Gasteiger partial charge in [0.15, 0.2) is 5.82 Å². The van der Waals surface area contributed by atoms with E-state index in [1.54, 1.807) is 0 Å². The highest BCUT2D eigenvalue weighted by Crippen LogP contribution is 2.30. The fourth-order valence-electron chi connectivity index (χ4n) is 4.18. The Kier molecular flexibility index (Phi) is 5.51. The molecule has 1 aromatic carbocycles. The van der Waals surface area contributed by atoms with E-state index in [9.17, 15) is 18.4 Å². The van der Waals surface area contributed by atoms with Crippen molar-refractivity contribution in [1.82, 2.24) is 14.9 Å². The van der Waals surface area contributed by atoms with Gasteiger partial charge in [-0.1, -0.05) is 0 Å². The number of hydrogen-bond acceptors (Lipinski definition) is 4. The molecule has 1 saturated heterocycles. The highest BCUT2D eigenvalue weighted by Gasteiger charge is 2.33. The summed E-state index contributed by atoms with van der Waals surface area (Å²) in [5.74, 6) is -1.09. The first kappa shape index (κ1) is 19.4. The van der Waals surface area contributed by atoms with Gasteiger partial charge in [-0.2, -0.15) is 0 Å². The number of anilines is 1. The molecule has 2 heterocycles. The Labute approximate surface area is 167 Å². The van der Waals surface area contributed by atoms with Gasteiger partial charge in [-0.05, 0) is 44.2 Å². The number of nitrogens with one attached hydrogen (secondary N) is 1. The van der Waals surface area contributed by atoms with Gasteiger partial charge in [0.1, 0.15) is 11.6 Å². The number of nitrogens with zero attached hydrogens (tertiary/aromatic N) is 3. The second kappa shape index (κ2) is 8.23.